The Morgan fingerprint density at radius 3 is 2.24 bits per heavy atom. The van der Waals surface area contributed by atoms with Gasteiger partial charge in [-0.25, -0.2) is 13.1 Å². The molecule has 1 saturated heterocycles. The van der Waals surface area contributed by atoms with E-state index < -0.39 is 16.1 Å². The molecule has 0 saturated carbocycles. The van der Waals surface area contributed by atoms with E-state index in [0.717, 1.165) is 38.3 Å². The highest BCUT2D eigenvalue weighted by atomic mass is 32.2. The van der Waals surface area contributed by atoms with Crippen molar-refractivity contribution in [2.24, 2.45) is 0 Å². The molecule has 9 heteroatoms. The van der Waals surface area contributed by atoms with Gasteiger partial charge in [0.15, 0.2) is 6.61 Å². The minimum absolute atomic E-state index is 0.141. The maximum Gasteiger partial charge on any atom is 0.262 e. The quantitative estimate of drug-likeness (QED) is 0.420. The average molecular weight is 523 g/mol. The number of sulfonamides is 1. The van der Waals surface area contributed by atoms with E-state index in [2.05, 4.69) is 26.8 Å². The fourth-order valence-electron chi connectivity index (χ4n) is 4.34. The lowest BCUT2D eigenvalue weighted by molar-refractivity contribution is -0.118. The Morgan fingerprint density at radius 1 is 0.946 bits per heavy atom. The molecule has 2 N–H and O–H groups in total. The van der Waals surface area contributed by atoms with Gasteiger partial charge in [0, 0.05) is 37.9 Å². The zero-order valence-electron chi connectivity index (χ0n) is 21.3. The number of carbonyl (C=O) groups excluding carboxylic acids is 1. The van der Waals surface area contributed by atoms with Crippen LogP contribution < -0.4 is 19.7 Å². The van der Waals surface area contributed by atoms with Gasteiger partial charge in [-0.15, -0.1) is 0 Å². The highest BCUT2D eigenvalue weighted by Gasteiger charge is 2.27. The maximum atomic E-state index is 13.7. The van der Waals surface area contributed by atoms with Crippen LogP contribution in [0.1, 0.15) is 25.5 Å². The van der Waals surface area contributed by atoms with Crippen LogP contribution in [0.15, 0.2) is 83.8 Å². The van der Waals surface area contributed by atoms with Gasteiger partial charge in [0.25, 0.3) is 5.91 Å². The third kappa shape index (κ3) is 7.09. The second-order valence-corrected chi connectivity index (χ2v) is 10.7. The fraction of sp³-hybridized carbons (Fsp3) is 0.321. The minimum atomic E-state index is -3.91. The number of nitrogens with zero attached hydrogens (tertiary/aromatic N) is 2. The number of ether oxygens (including phenoxy) is 1. The Balaban J connectivity index is 1.56. The summed E-state index contributed by atoms with van der Waals surface area (Å²) in [5.41, 5.74) is 1.89. The molecule has 0 unspecified atom stereocenters. The summed E-state index contributed by atoms with van der Waals surface area (Å²) >= 11 is 0. The largest absolute Gasteiger partial charge is 0.484 e. The van der Waals surface area contributed by atoms with Crippen molar-refractivity contribution in [3.63, 3.8) is 0 Å². The Hall–Kier alpha value is -3.40. The molecule has 1 fully saturated rings. The van der Waals surface area contributed by atoms with E-state index in [1.807, 2.05) is 55.5 Å². The summed E-state index contributed by atoms with van der Waals surface area (Å²) in [6.07, 6.45) is 0. The number of likely N-dealkylation sites (N-methyl/N-ethyl adjacent to an activating group) is 1. The predicted molar refractivity (Wildman–Crippen MR) is 147 cm³/mol. The molecule has 1 aliphatic rings. The SMILES string of the molecule is CCN1CCN(c2ccc(NC(=O)COc3ccccc3)cc2S(=O)(=O)N[C@@H](C)c2ccccc2)CC1. The highest BCUT2D eigenvalue weighted by molar-refractivity contribution is 7.89. The van der Waals surface area contributed by atoms with Crippen molar-refractivity contribution < 1.29 is 17.9 Å². The number of hydrogen-bond donors (Lipinski definition) is 2. The first-order chi connectivity index (χ1) is 17.9. The third-order valence-corrected chi connectivity index (χ3v) is 8.01. The van der Waals surface area contributed by atoms with Gasteiger partial charge in [-0.3, -0.25) is 4.79 Å². The first-order valence-electron chi connectivity index (χ1n) is 12.5. The first kappa shape index (κ1) is 26.7. The Morgan fingerprint density at radius 2 is 1.59 bits per heavy atom. The van der Waals surface area contributed by atoms with Crippen molar-refractivity contribution in [1.82, 2.24) is 9.62 Å². The summed E-state index contributed by atoms with van der Waals surface area (Å²) in [4.78, 5) is 17.1. The Labute approximate surface area is 219 Å². The average Bonchev–Trinajstić information content (AvgIpc) is 2.93. The van der Waals surface area contributed by atoms with Gasteiger partial charge >= 0.3 is 0 Å². The minimum Gasteiger partial charge on any atom is -0.484 e. The second-order valence-electron chi connectivity index (χ2n) is 9.01. The number of para-hydroxylation sites is 1. The number of rotatable bonds is 10. The van der Waals surface area contributed by atoms with Crippen LogP contribution >= 0.6 is 0 Å². The smallest absolute Gasteiger partial charge is 0.262 e. The lowest BCUT2D eigenvalue weighted by Gasteiger charge is -2.36. The zero-order valence-corrected chi connectivity index (χ0v) is 22.1. The summed E-state index contributed by atoms with van der Waals surface area (Å²) in [7, 11) is -3.91. The topological polar surface area (TPSA) is 91.0 Å². The first-order valence-corrected chi connectivity index (χ1v) is 14.0. The lowest BCUT2D eigenvalue weighted by Crippen LogP contribution is -2.46. The van der Waals surface area contributed by atoms with E-state index in [1.54, 1.807) is 24.3 Å². The summed E-state index contributed by atoms with van der Waals surface area (Å²) in [5, 5.41) is 2.77. The monoisotopic (exact) mass is 522 g/mol. The fourth-order valence-corrected chi connectivity index (χ4v) is 5.83. The van der Waals surface area contributed by atoms with E-state index in [-0.39, 0.29) is 17.4 Å². The number of nitrogens with one attached hydrogen (secondary N) is 2. The molecule has 0 spiro atoms. The molecular formula is C28H34N4O4S. The van der Waals surface area contributed by atoms with Crippen molar-refractivity contribution in [3.05, 3.63) is 84.4 Å². The van der Waals surface area contributed by atoms with E-state index >= 15 is 0 Å². The molecule has 3 aromatic carbocycles. The molecule has 1 atom stereocenters. The van der Waals surface area contributed by atoms with Crippen LogP contribution in [-0.2, 0) is 14.8 Å². The Kier molecular flexibility index (Phi) is 8.81. The van der Waals surface area contributed by atoms with Gasteiger partial charge in [-0.1, -0.05) is 55.5 Å². The lowest BCUT2D eigenvalue weighted by atomic mass is 10.1. The highest BCUT2D eigenvalue weighted by Crippen LogP contribution is 2.30. The normalized spacial score (nSPS) is 15.2. The summed E-state index contributed by atoms with van der Waals surface area (Å²) in [6, 6.07) is 23.1. The maximum absolute atomic E-state index is 13.7. The van der Waals surface area contributed by atoms with E-state index in [9.17, 15) is 13.2 Å². The van der Waals surface area contributed by atoms with Crippen LogP contribution in [0.5, 0.6) is 5.75 Å². The van der Waals surface area contributed by atoms with Crippen LogP contribution in [-0.4, -0.2) is 58.6 Å². The van der Waals surface area contributed by atoms with Crippen LogP contribution in [0.25, 0.3) is 0 Å². The van der Waals surface area contributed by atoms with Gasteiger partial charge in [-0.2, -0.15) is 0 Å². The van der Waals surface area contributed by atoms with Crippen molar-refractivity contribution in [1.29, 1.82) is 0 Å². The molecule has 0 aliphatic carbocycles. The number of benzene rings is 3. The molecule has 1 heterocycles. The third-order valence-electron chi connectivity index (χ3n) is 6.44. The standard InChI is InChI=1S/C28H34N4O4S/c1-3-31-16-18-32(19-17-31)26-15-14-24(29-28(33)21-36-25-12-8-5-9-13-25)20-27(26)37(34,35)30-22(2)23-10-6-4-7-11-23/h4-15,20,22,30H,3,16-19,21H2,1-2H3,(H,29,33)/t22-/m0/s1. The molecule has 1 aliphatic heterocycles. The molecule has 0 bridgehead atoms. The van der Waals surface area contributed by atoms with Crippen molar-refractivity contribution >= 4 is 27.3 Å². The van der Waals surface area contributed by atoms with Gasteiger partial charge in [0.2, 0.25) is 10.0 Å². The van der Waals surface area contributed by atoms with Gasteiger partial charge in [0.1, 0.15) is 10.6 Å². The van der Waals surface area contributed by atoms with E-state index in [4.69, 9.17) is 4.74 Å². The van der Waals surface area contributed by atoms with Crippen molar-refractivity contribution in [2.75, 3.05) is 49.5 Å². The predicted octanol–water partition coefficient (Wildman–Crippen LogP) is 3.89. The summed E-state index contributed by atoms with van der Waals surface area (Å²) < 4.78 is 35.7. The van der Waals surface area contributed by atoms with E-state index in [1.165, 1.54) is 6.07 Å². The Bertz CT molecular complexity index is 1280. The molecule has 3 aromatic rings. The molecular weight excluding hydrogens is 488 g/mol. The number of hydrogen-bond acceptors (Lipinski definition) is 6. The summed E-state index contributed by atoms with van der Waals surface area (Å²) in [6.45, 7) is 7.89. The molecule has 1 amide bonds. The number of anilines is 2. The van der Waals surface area contributed by atoms with Crippen molar-refractivity contribution in [2.45, 2.75) is 24.8 Å². The number of piperazine rings is 1. The number of carbonyl (C=O) groups is 1. The van der Waals surface area contributed by atoms with Crippen LogP contribution in [0.4, 0.5) is 11.4 Å². The number of amides is 1. The summed E-state index contributed by atoms with van der Waals surface area (Å²) in [5.74, 6) is 0.212. The zero-order chi connectivity index (χ0) is 26.3. The molecule has 4 rings (SSSR count). The van der Waals surface area contributed by atoms with Gasteiger partial charge < -0.3 is 19.9 Å². The molecule has 8 nitrogen and oxygen atoms in total. The van der Waals surface area contributed by atoms with Gasteiger partial charge in [0.05, 0.1) is 5.69 Å². The van der Waals surface area contributed by atoms with Crippen LogP contribution in [0, 0.1) is 0 Å². The molecule has 37 heavy (non-hydrogen) atoms. The molecule has 0 radical (unpaired) electrons. The van der Waals surface area contributed by atoms with Gasteiger partial charge in [-0.05, 0) is 49.4 Å². The molecule has 196 valence electrons. The van der Waals surface area contributed by atoms with E-state index in [0.29, 0.717) is 17.1 Å². The second kappa shape index (κ2) is 12.2. The van der Waals surface area contributed by atoms with Crippen LogP contribution in [0.3, 0.4) is 0 Å². The van der Waals surface area contributed by atoms with Crippen molar-refractivity contribution in [3.8, 4) is 5.75 Å². The van der Waals surface area contributed by atoms with Crippen LogP contribution in [0.2, 0.25) is 0 Å². The molecule has 0 aromatic heterocycles.